The van der Waals surface area contributed by atoms with E-state index in [1.165, 1.54) is 4.68 Å². The SMILES string of the molecule is CC(=NO)c1csc(NS(=O)(=O)c2c(C)nn(C)c2C)n1. The van der Waals surface area contributed by atoms with Gasteiger partial charge in [0.2, 0.25) is 0 Å². The summed E-state index contributed by atoms with van der Waals surface area (Å²) in [5.41, 5.74) is 1.70. The third kappa shape index (κ3) is 2.90. The standard InChI is InChI=1S/C11H15N5O3S2/c1-6(14-17)9-5-20-11(12-9)15-21(18,19)10-7(2)13-16(4)8(10)3/h5,17H,1-4H3,(H,12,15). The topological polar surface area (TPSA) is 109 Å². The van der Waals surface area contributed by atoms with Crippen LogP contribution in [0.4, 0.5) is 5.13 Å². The van der Waals surface area contributed by atoms with Gasteiger partial charge in [-0.05, 0) is 20.8 Å². The number of nitrogens with one attached hydrogen (secondary N) is 1. The average molecular weight is 329 g/mol. The number of thiazole rings is 1. The average Bonchev–Trinajstić information content (AvgIpc) is 2.94. The Balaban J connectivity index is 2.36. The minimum atomic E-state index is -3.76. The molecule has 0 spiro atoms. The van der Waals surface area contributed by atoms with Crippen molar-refractivity contribution in [2.24, 2.45) is 12.2 Å². The zero-order chi connectivity index (χ0) is 15.8. The molecule has 0 aromatic carbocycles. The van der Waals surface area contributed by atoms with Crippen LogP contribution in [0.3, 0.4) is 0 Å². The summed E-state index contributed by atoms with van der Waals surface area (Å²) in [6.07, 6.45) is 0. The van der Waals surface area contributed by atoms with Crippen LogP contribution in [-0.4, -0.2) is 34.1 Å². The van der Waals surface area contributed by atoms with Crippen molar-refractivity contribution in [2.45, 2.75) is 25.7 Å². The number of aryl methyl sites for hydroxylation is 2. The quantitative estimate of drug-likeness (QED) is 0.502. The molecule has 2 aromatic rings. The van der Waals surface area contributed by atoms with E-state index < -0.39 is 10.0 Å². The van der Waals surface area contributed by atoms with E-state index >= 15 is 0 Å². The van der Waals surface area contributed by atoms with Crippen LogP contribution in [-0.2, 0) is 17.1 Å². The Kier molecular flexibility index (Phi) is 4.01. The molecule has 114 valence electrons. The van der Waals surface area contributed by atoms with E-state index in [0.717, 1.165) is 11.3 Å². The van der Waals surface area contributed by atoms with Gasteiger partial charge in [0.05, 0.1) is 11.4 Å². The fourth-order valence-electron chi connectivity index (χ4n) is 1.85. The Hall–Kier alpha value is -1.94. The number of aromatic nitrogens is 3. The van der Waals surface area contributed by atoms with Crippen molar-refractivity contribution in [3.63, 3.8) is 0 Å². The Morgan fingerprint density at radius 2 is 2.14 bits per heavy atom. The molecule has 0 bridgehead atoms. The Morgan fingerprint density at radius 3 is 2.67 bits per heavy atom. The minimum Gasteiger partial charge on any atom is -0.411 e. The molecule has 0 aliphatic rings. The van der Waals surface area contributed by atoms with Crippen LogP contribution in [0.15, 0.2) is 15.4 Å². The molecule has 0 radical (unpaired) electrons. The zero-order valence-electron chi connectivity index (χ0n) is 11.9. The molecule has 0 aliphatic heterocycles. The molecular weight excluding hydrogens is 314 g/mol. The molecular formula is C11H15N5O3S2. The highest BCUT2D eigenvalue weighted by Crippen LogP contribution is 2.24. The lowest BCUT2D eigenvalue weighted by Gasteiger charge is -2.05. The molecule has 2 rings (SSSR count). The number of rotatable bonds is 4. The van der Waals surface area contributed by atoms with Gasteiger partial charge < -0.3 is 5.21 Å². The number of nitrogens with zero attached hydrogens (tertiary/aromatic N) is 4. The van der Waals surface area contributed by atoms with Crippen LogP contribution >= 0.6 is 11.3 Å². The summed E-state index contributed by atoms with van der Waals surface area (Å²) in [4.78, 5) is 4.22. The molecule has 2 N–H and O–H groups in total. The van der Waals surface area contributed by atoms with Gasteiger partial charge in [-0.2, -0.15) is 5.10 Å². The van der Waals surface area contributed by atoms with Gasteiger partial charge in [-0.3, -0.25) is 9.40 Å². The highest BCUT2D eigenvalue weighted by Gasteiger charge is 2.25. The fourth-order valence-corrected chi connectivity index (χ4v) is 4.29. The Bertz CT molecular complexity index is 804. The smallest absolute Gasteiger partial charge is 0.267 e. The number of oxime groups is 1. The third-order valence-electron chi connectivity index (χ3n) is 2.96. The highest BCUT2D eigenvalue weighted by molar-refractivity contribution is 7.93. The summed E-state index contributed by atoms with van der Waals surface area (Å²) >= 11 is 1.11. The second kappa shape index (κ2) is 5.45. The number of sulfonamides is 1. The molecule has 0 saturated heterocycles. The molecule has 2 aromatic heterocycles. The first-order chi connectivity index (χ1) is 9.76. The molecule has 0 unspecified atom stereocenters. The summed E-state index contributed by atoms with van der Waals surface area (Å²) in [7, 11) is -2.08. The largest absolute Gasteiger partial charge is 0.411 e. The van der Waals surface area contributed by atoms with Crippen molar-refractivity contribution >= 4 is 32.2 Å². The van der Waals surface area contributed by atoms with Crippen molar-refractivity contribution in [1.82, 2.24) is 14.8 Å². The molecule has 0 amide bonds. The summed E-state index contributed by atoms with van der Waals surface area (Å²) in [6.45, 7) is 4.89. The monoisotopic (exact) mass is 329 g/mol. The summed E-state index contributed by atoms with van der Waals surface area (Å²) < 4.78 is 28.8. The first kappa shape index (κ1) is 15.4. The first-order valence-corrected chi connectivity index (χ1v) is 8.30. The van der Waals surface area contributed by atoms with Gasteiger partial charge in [0.15, 0.2) is 5.13 Å². The van der Waals surface area contributed by atoms with Gasteiger partial charge in [-0.15, -0.1) is 11.3 Å². The molecule has 0 saturated carbocycles. The maximum Gasteiger partial charge on any atom is 0.267 e. The molecule has 0 atom stereocenters. The van der Waals surface area contributed by atoms with E-state index in [4.69, 9.17) is 5.21 Å². The van der Waals surface area contributed by atoms with E-state index in [2.05, 4.69) is 20.0 Å². The van der Waals surface area contributed by atoms with Gasteiger partial charge in [-0.1, -0.05) is 5.16 Å². The molecule has 0 aliphatic carbocycles. The maximum absolute atomic E-state index is 12.4. The zero-order valence-corrected chi connectivity index (χ0v) is 13.6. The van der Waals surface area contributed by atoms with Gasteiger partial charge in [0.1, 0.15) is 16.3 Å². The summed E-state index contributed by atoms with van der Waals surface area (Å²) in [5.74, 6) is 0. The van der Waals surface area contributed by atoms with Gasteiger partial charge in [-0.25, -0.2) is 13.4 Å². The number of hydrogen-bond donors (Lipinski definition) is 2. The van der Waals surface area contributed by atoms with Crippen molar-refractivity contribution in [3.8, 4) is 0 Å². The third-order valence-corrected chi connectivity index (χ3v) is 5.44. The van der Waals surface area contributed by atoms with Gasteiger partial charge in [0.25, 0.3) is 10.0 Å². The molecule has 10 heteroatoms. The van der Waals surface area contributed by atoms with E-state index in [1.807, 2.05) is 0 Å². The second-order valence-electron chi connectivity index (χ2n) is 4.45. The number of anilines is 1. The fraction of sp³-hybridized carbons (Fsp3) is 0.364. The van der Waals surface area contributed by atoms with Crippen molar-refractivity contribution < 1.29 is 13.6 Å². The lowest BCUT2D eigenvalue weighted by Crippen LogP contribution is -2.15. The molecule has 0 fully saturated rings. The van der Waals surface area contributed by atoms with Crippen molar-refractivity contribution in [2.75, 3.05) is 4.72 Å². The lowest BCUT2D eigenvalue weighted by atomic mass is 10.3. The van der Waals surface area contributed by atoms with E-state index in [-0.39, 0.29) is 10.0 Å². The number of hydrogen-bond acceptors (Lipinski definition) is 7. The maximum atomic E-state index is 12.4. The van der Waals surface area contributed by atoms with Crippen molar-refractivity contribution in [3.05, 3.63) is 22.5 Å². The van der Waals surface area contributed by atoms with E-state index in [9.17, 15) is 8.42 Å². The lowest BCUT2D eigenvalue weighted by molar-refractivity contribution is 0.319. The summed E-state index contributed by atoms with van der Waals surface area (Å²) in [5, 5.41) is 17.6. The Morgan fingerprint density at radius 1 is 1.48 bits per heavy atom. The first-order valence-electron chi connectivity index (χ1n) is 5.94. The van der Waals surface area contributed by atoms with Crippen LogP contribution in [0.5, 0.6) is 0 Å². The minimum absolute atomic E-state index is 0.147. The van der Waals surface area contributed by atoms with Crippen LogP contribution < -0.4 is 4.72 Å². The van der Waals surface area contributed by atoms with Crippen LogP contribution in [0.1, 0.15) is 24.0 Å². The van der Waals surface area contributed by atoms with Crippen LogP contribution in [0.2, 0.25) is 0 Å². The van der Waals surface area contributed by atoms with Crippen LogP contribution in [0.25, 0.3) is 0 Å². The Labute approximate surface area is 126 Å². The van der Waals surface area contributed by atoms with Gasteiger partial charge >= 0.3 is 0 Å². The highest BCUT2D eigenvalue weighted by atomic mass is 32.2. The normalized spacial score (nSPS) is 12.7. The van der Waals surface area contributed by atoms with Gasteiger partial charge in [0, 0.05) is 12.4 Å². The van der Waals surface area contributed by atoms with E-state index in [1.54, 1.807) is 33.2 Å². The summed E-state index contributed by atoms with van der Waals surface area (Å²) in [6, 6.07) is 0. The van der Waals surface area contributed by atoms with Crippen LogP contribution in [0, 0.1) is 13.8 Å². The molecule has 2 heterocycles. The van der Waals surface area contributed by atoms with E-state index in [0.29, 0.717) is 22.8 Å². The second-order valence-corrected chi connectivity index (χ2v) is 6.93. The predicted octanol–water partition coefficient (Wildman–Crippen LogP) is 1.49. The molecule has 8 nitrogen and oxygen atoms in total. The predicted molar refractivity (Wildman–Crippen MR) is 79.6 cm³/mol. The molecule has 21 heavy (non-hydrogen) atoms. The van der Waals surface area contributed by atoms with Crippen molar-refractivity contribution in [1.29, 1.82) is 0 Å².